The van der Waals surface area contributed by atoms with Gasteiger partial charge in [0.25, 0.3) is 5.91 Å². The Kier molecular flexibility index (Phi) is 6.82. The second kappa shape index (κ2) is 9.71. The number of anilines is 2. The minimum absolute atomic E-state index is 0.160. The Balaban J connectivity index is 1.54. The summed E-state index contributed by atoms with van der Waals surface area (Å²) in [7, 11) is 0. The Labute approximate surface area is 176 Å². The molecule has 30 heavy (non-hydrogen) atoms. The van der Waals surface area contributed by atoms with Crippen molar-refractivity contribution in [3.05, 3.63) is 89.7 Å². The van der Waals surface area contributed by atoms with E-state index in [0.29, 0.717) is 22.5 Å². The molecular formula is C22H18FN3O3S. The van der Waals surface area contributed by atoms with Gasteiger partial charge in [0.1, 0.15) is 5.82 Å². The molecule has 0 radical (unpaired) electrons. The van der Waals surface area contributed by atoms with E-state index in [2.05, 4.69) is 10.6 Å². The summed E-state index contributed by atoms with van der Waals surface area (Å²) in [6.07, 6.45) is 0. The van der Waals surface area contributed by atoms with Crippen molar-refractivity contribution in [1.82, 2.24) is 0 Å². The van der Waals surface area contributed by atoms with Crippen molar-refractivity contribution in [2.45, 2.75) is 4.90 Å². The SMILES string of the molecule is NC(=O)c1ccc(NC(=O)CSc2cccc(NC(=O)c3ccc(F)cc3)c2)cc1. The van der Waals surface area contributed by atoms with E-state index < -0.39 is 11.7 Å². The van der Waals surface area contributed by atoms with E-state index >= 15 is 0 Å². The average Bonchev–Trinajstić information content (AvgIpc) is 2.73. The Morgan fingerprint density at radius 1 is 0.833 bits per heavy atom. The Hall–Kier alpha value is -3.65. The Morgan fingerprint density at radius 3 is 2.17 bits per heavy atom. The highest BCUT2D eigenvalue weighted by Gasteiger charge is 2.08. The van der Waals surface area contributed by atoms with Gasteiger partial charge in [0.15, 0.2) is 0 Å². The molecule has 0 fully saturated rings. The van der Waals surface area contributed by atoms with Crippen molar-refractivity contribution < 1.29 is 18.8 Å². The van der Waals surface area contributed by atoms with Gasteiger partial charge >= 0.3 is 0 Å². The third-order valence-corrected chi connectivity index (χ3v) is 5.02. The minimum atomic E-state index is -0.533. The Morgan fingerprint density at radius 2 is 1.50 bits per heavy atom. The fourth-order valence-corrected chi connectivity index (χ4v) is 3.29. The molecule has 0 spiro atoms. The van der Waals surface area contributed by atoms with Gasteiger partial charge in [-0.1, -0.05) is 6.07 Å². The molecule has 8 heteroatoms. The van der Waals surface area contributed by atoms with Crippen LogP contribution < -0.4 is 16.4 Å². The number of amides is 3. The van der Waals surface area contributed by atoms with E-state index in [1.807, 2.05) is 6.07 Å². The first kappa shape index (κ1) is 21.1. The van der Waals surface area contributed by atoms with E-state index in [1.54, 1.807) is 42.5 Å². The fourth-order valence-electron chi connectivity index (χ4n) is 2.53. The number of carbonyl (C=O) groups is 3. The average molecular weight is 423 g/mol. The second-order valence-corrected chi connectivity index (χ2v) is 7.32. The van der Waals surface area contributed by atoms with Crippen LogP contribution in [0.1, 0.15) is 20.7 Å². The molecule has 3 aromatic carbocycles. The van der Waals surface area contributed by atoms with Crippen molar-refractivity contribution >= 4 is 40.9 Å². The van der Waals surface area contributed by atoms with Crippen LogP contribution in [0.3, 0.4) is 0 Å². The van der Waals surface area contributed by atoms with Crippen molar-refractivity contribution in [2.75, 3.05) is 16.4 Å². The highest BCUT2D eigenvalue weighted by molar-refractivity contribution is 8.00. The first-order valence-electron chi connectivity index (χ1n) is 8.90. The van der Waals surface area contributed by atoms with Gasteiger partial charge in [-0.05, 0) is 66.7 Å². The van der Waals surface area contributed by atoms with E-state index in [9.17, 15) is 18.8 Å². The molecule has 0 atom stereocenters. The predicted molar refractivity (Wildman–Crippen MR) is 115 cm³/mol. The van der Waals surface area contributed by atoms with Gasteiger partial charge in [0.05, 0.1) is 5.75 Å². The molecule has 152 valence electrons. The van der Waals surface area contributed by atoms with E-state index in [0.717, 1.165) is 4.90 Å². The Bertz CT molecular complexity index is 1070. The largest absolute Gasteiger partial charge is 0.366 e. The number of nitrogens with two attached hydrogens (primary N) is 1. The number of halogens is 1. The lowest BCUT2D eigenvalue weighted by Gasteiger charge is -2.08. The number of benzene rings is 3. The van der Waals surface area contributed by atoms with Crippen molar-refractivity contribution in [3.63, 3.8) is 0 Å². The number of hydrogen-bond donors (Lipinski definition) is 3. The molecule has 0 aliphatic carbocycles. The van der Waals surface area contributed by atoms with Crippen LogP contribution in [-0.2, 0) is 4.79 Å². The van der Waals surface area contributed by atoms with Crippen LogP contribution in [-0.4, -0.2) is 23.5 Å². The summed E-state index contributed by atoms with van der Waals surface area (Å²) in [6.45, 7) is 0. The number of hydrogen-bond acceptors (Lipinski definition) is 4. The summed E-state index contributed by atoms with van der Waals surface area (Å²) < 4.78 is 13.0. The minimum Gasteiger partial charge on any atom is -0.366 e. The van der Waals surface area contributed by atoms with Gasteiger partial charge in [-0.3, -0.25) is 14.4 Å². The number of primary amides is 1. The fraction of sp³-hybridized carbons (Fsp3) is 0.0455. The molecule has 0 unspecified atom stereocenters. The van der Waals surface area contributed by atoms with Crippen LogP contribution in [0.4, 0.5) is 15.8 Å². The van der Waals surface area contributed by atoms with Gasteiger partial charge in [0.2, 0.25) is 11.8 Å². The van der Waals surface area contributed by atoms with Gasteiger partial charge in [-0.2, -0.15) is 0 Å². The molecule has 6 nitrogen and oxygen atoms in total. The molecule has 3 amide bonds. The summed E-state index contributed by atoms with van der Waals surface area (Å²) >= 11 is 1.31. The molecular weight excluding hydrogens is 405 g/mol. The monoisotopic (exact) mass is 423 g/mol. The van der Waals surface area contributed by atoms with Gasteiger partial charge < -0.3 is 16.4 Å². The third kappa shape index (κ3) is 5.92. The number of thioether (sulfide) groups is 1. The zero-order chi connectivity index (χ0) is 21.5. The zero-order valence-corrected chi connectivity index (χ0v) is 16.5. The van der Waals surface area contributed by atoms with Crippen LogP contribution in [0.25, 0.3) is 0 Å². The van der Waals surface area contributed by atoms with Crippen molar-refractivity contribution in [3.8, 4) is 0 Å². The summed E-state index contributed by atoms with van der Waals surface area (Å²) in [5.74, 6) is -1.35. The second-order valence-electron chi connectivity index (χ2n) is 6.27. The molecule has 3 aromatic rings. The molecule has 0 aliphatic heterocycles. The lowest BCUT2D eigenvalue weighted by molar-refractivity contribution is -0.113. The molecule has 0 aromatic heterocycles. The number of nitrogens with one attached hydrogen (secondary N) is 2. The van der Waals surface area contributed by atoms with Crippen LogP contribution in [0.5, 0.6) is 0 Å². The first-order chi connectivity index (χ1) is 14.4. The molecule has 0 saturated carbocycles. The van der Waals surface area contributed by atoms with E-state index in [-0.39, 0.29) is 17.6 Å². The summed E-state index contributed by atoms with van der Waals surface area (Å²) in [6, 6.07) is 18.6. The summed E-state index contributed by atoms with van der Waals surface area (Å²) in [5, 5.41) is 5.49. The van der Waals surface area contributed by atoms with Crippen molar-refractivity contribution in [2.24, 2.45) is 5.73 Å². The normalized spacial score (nSPS) is 10.3. The van der Waals surface area contributed by atoms with E-state index in [4.69, 9.17) is 5.73 Å². The molecule has 0 heterocycles. The predicted octanol–water partition coefficient (Wildman–Crippen LogP) is 3.91. The summed E-state index contributed by atoms with van der Waals surface area (Å²) in [5.41, 5.74) is 7.02. The topological polar surface area (TPSA) is 101 Å². The molecule has 0 aliphatic rings. The van der Waals surface area contributed by atoms with Gasteiger partial charge in [-0.25, -0.2) is 4.39 Å². The van der Waals surface area contributed by atoms with Gasteiger partial charge in [-0.15, -0.1) is 11.8 Å². The quantitative estimate of drug-likeness (QED) is 0.502. The molecule has 0 bridgehead atoms. The van der Waals surface area contributed by atoms with Crippen LogP contribution in [0.15, 0.2) is 77.7 Å². The molecule has 0 saturated heterocycles. The first-order valence-corrected chi connectivity index (χ1v) is 9.89. The highest BCUT2D eigenvalue weighted by atomic mass is 32.2. The van der Waals surface area contributed by atoms with Crippen LogP contribution in [0.2, 0.25) is 0 Å². The smallest absolute Gasteiger partial charge is 0.255 e. The molecule has 3 rings (SSSR count). The van der Waals surface area contributed by atoms with Crippen LogP contribution in [0, 0.1) is 5.82 Å². The maximum atomic E-state index is 13.0. The number of carbonyl (C=O) groups excluding carboxylic acids is 3. The standard InChI is InChI=1S/C22H18FN3O3S/c23-16-8-4-15(5-9-16)22(29)26-18-2-1-3-19(12-18)30-13-20(27)25-17-10-6-14(7-11-17)21(24)28/h1-12H,13H2,(H2,24,28)(H,25,27)(H,26,29). The third-order valence-electron chi connectivity index (χ3n) is 4.02. The van der Waals surface area contributed by atoms with E-state index in [1.165, 1.54) is 36.0 Å². The highest BCUT2D eigenvalue weighted by Crippen LogP contribution is 2.22. The maximum absolute atomic E-state index is 13.0. The van der Waals surface area contributed by atoms with Crippen molar-refractivity contribution in [1.29, 1.82) is 0 Å². The number of rotatable bonds is 7. The lowest BCUT2D eigenvalue weighted by Crippen LogP contribution is -2.15. The lowest BCUT2D eigenvalue weighted by atomic mass is 10.2. The maximum Gasteiger partial charge on any atom is 0.255 e. The van der Waals surface area contributed by atoms with Crippen LogP contribution >= 0.6 is 11.8 Å². The van der Waals surface area contributed by atoms with Gasteiger partial charge in [0, 0.05) is 27.4 Å². The zero-order valence-electron chi connectivity index (χ0n) is 15.7. The summed E-state index contributed by atoms with van der Waals surface area (Å²) in [4.78, 5) is 36.3. The molecule has 4 N–H and O–H groups in total.